The molecule has 0 radical (unpaired) electrons. The van der Waals surface area contributed by atoms with Gasteiger partial charge in [-0.05, 0) is 38.5 Å². The van der Waals surface area contributed by atoms with Crippen LogP contribution in [0.2, 0.25) is 0 Å². The average molecular weight is 401 g/mol. The maximum atomic E-state index is 13.1. The van der Waals surface area contributed by atoms with Gasteiger partial charge in [-0.1, -0.05) is 0 Å². The monoisotopic (exact) mass is 401 g/mol. The first-order valence-corrected chi connectivity index (χ1v) is 8.82. The first kappa shape index (κ1) is 21.8. The zero-order valence-corrected chi connectivity index (χ0v) is 17.2. The lowest BCUT2D eigenvalue weighted by Crippen LogP contribution is -2.40. The molecule has 1 amide bonds. The molecule has 1 aromatic carbocycles. The predicted molar refractivity (Wildman–Crippen MR) is 105 cm³/mol. The quantitative estimate of drug-likeness (QED) is 0.318. The summed E-state index contributed by atoms with van der Waals surface area (Å²) in [6.45, 7) is 4.98. The summed E-state index contributed by atoms with van der Waals surface area (Å²) >= 11 is 0. The smallest absolute Gasteiger partial charge is 0.354 e. The van der Waals surface area contributed by atoms with E-state index in [9.17, 15) is 24.5 Å². The van der Waals surface area contributed by atoms with Gasteiger partial charge in [-0.3, -0.25) is 19.7 Å². The standard InChI is InChI=1S/C20H23N3O6/c1-11-16(12(2)21(4)17(11)20(26)29-6)18(24)13(3)22(5)19(25)14-7-9-15(10-8-14)23(27)28/h7-10,13H,1-6H3/t13-/m1/s1. The Kier molecular flexibility index (Phi) is 6.21. The van der Waals surface area contributed by atoms with Crippen LogP contribution in [0.4, 0.5) is 5.69 Å². The largest absolute Gasteiger partial charge is 0.464 e. The summed E-state index contributed by atoms with van der Waals surface area (Å²) in [6, 6.07) is 4.36. The maximum Gasteiger partial charge on any atom is 0.354 e. The van der Waals surface area contributed by atoms with Crippen LogP contribution in [-0.4, -0.2) is 52.2 Å². The molecule has 9 nitrogen and oxygen atoms in total. The molecule has 2 rings (SSSR count). The summed E-state index contributed by atoms with van der Waals surface area (Å²) in [4.78, 5) is 49.4. The van der Waals surface area contributed by atoms with Gasteiger partial charge in [0.15, 0.2) is 5.78 Å². The second-order valence-electron chi connectivity index (χ2n) is 6.74. The fourth-order valence-corrected chi connectivity index (χ4v) is 3.22. The highest BCUT2D eigenvalue weighted by Crippen LogP contribution is 2.25. The summed E-state index contributed by atoms with van der Waals surface area (Å²) in [6.07, 6.45) is 0. The molecule has 29 heavy (non-hydrogen) atoms. The molecule has 0 aliphatic carbocycles. The van der Waals surface area contributed by atoms with Crippen molar-refractivity contribution in [1.82, 2.24) is 9.47 Å². The van der Waals surface area contributed by atoms with Gasteiger partial charge in [0.1, 0.15) is 5.69 Å². The Morgan fingerprint density at radius 2 is 1.72 bits per heavy atom. The number of nitro benzene ring substituents is 1. The third-order valence-corrected chi connectivity index (χ3v) is 5.16. The summed E-state index contributed by atoms with van der Waals surface area (Å²) in [5.74, 6) is -1.31. The third-order valence-electron chi connectivity index (χ3n) is 5.16. The Hall–Kier alpha value is -3.49. The number of amides is 1. The Morgan fingerprint density at radius 1 is 1.17 bits per heavy atom. The van der Waals surface area contributed by atoms with Gasteiger partial charge in [0, 0.05) is 43.0 Å². The predicted octanol–water partition coefficient (Wildman–Crippen LogP) is 2.68. The van der Waals surface area contributed by atoms with E-state index in [0.29, 0.717) is 16.8 Å². The molecule has 0 N–H and O–H groups in total. The van der Waals surface area contributed by atoms with Crippen molar-refractivity contribution in [3.05, 3.63) is 62.5 Å². The number of Topliss-reactive ketones (excluding diaryl/α,β-unsaturated/α-hetero) is 1. The van der Waals surface area contributed by atoms with Crippen LogP contribution in [0.25, 0.3) is 0 Å². The molecule has 1 atom stereocenters. The van der Waals surface area contributed by atoms with E-state index in [2.05, 4.69) is 0 Å². The van der Waals surface area contributed by atoms with E-state index in [1.54, 1.807) is 32.4 Å². The van der Waals surface area contributed by atoms with Crippen LogP contribution in [0, 0.1) is 24.0 Å². The van der Waals surface area contributed by atoms with Crippen LogP contribution in [0.1, 0.15) is 49.4 Å². The number of carbonyl (C=O) groups is 3. The first-order valence-electron chi connectivity index (χ1n) is 8.82. The number of rotatable bonds is 6. The van der Waals surface area contributed by atoms with E-state index in [1.807, 2.05) is 0 Å². The number of esters is 1. The molecule has 0 spiro atoms. The molecule has 9 heteroatoms. The van der Waals surface area contributed by atoms with Crippen LogP contribution >= 0.6 is 0 Å². The Bertz CT molecular complexity index is 991. The number of non-ortho nitro benzene ring substituents is 1. The zero-order valence-electron chi connectivity index (χ0n) is 17.2. The van der Waals surface area contributed by atoms with Crippen molar-refractivity contribution in [2.45, 2.75) is 26.8 Å². The molecular formula is C20H23N3O6. The molecule has 0 bridgehead atoms. The van der Waals surface area contributed by atoms with Crippen LogP contribution < -0.4 is 0 Å². The van der Waals surface area contributed by atoms with E-state index in [0.717, 1.165) is 0 Å². The molecule has 2 aromatic rings. The van der Waals surface area contributed by atoms with Gasteiger partial charge in [-0.25, -0.2) is 4.79 Å². The van der Waals surface area contributed by atoms with Gasteiger partial charge in [0.25, 0.3) is 11.6 Å². The Morgan fingerprint density at radius 3 is 2.21 bits per heavy atom. The van der Waals surface area contributed by atoms with Crippen LogP contribution in [0.15, 0.2) is 24.3 Å². The van der Waals surface area contributed by atoms with E-state index >= 15 is 0 Å². The van der Waals surface area contributed by atoms with Crippen molar-refractivity contribution in [2.75, 3.05) is 14.2 Å². The van der Waals surface area contributed by atoms with E-state index in [1.165, 1.54) is 43.3 Å². The maximum absolute atomic E-state index is 13.1. The minimum Gasteiger partial charge on any atom is -0.464 e. The molecule has 0 fully saturated rings. The van der Waals surface area contributed by atoms with Crippen molar-refractivity contribution >= 4 is 23.3 Å². The average Bonchev–Trinajstić information content (AvgIpc) is 2.93. The third kappa shape index (κ3) is 3.89. The number of nitrogens with zero attached hydrogens (tertiary/aromatic N) is 3. The van der Waals surface area contributed by atoms with Gasteiger partial charge in [-0.2, -0.15) is 0 Å². The van der Waals surface area contributed by atoms with E-state index in [4.69, 9.17) is 4.74 Å². The number of benzene rings is 1. The molecule has 1 heterocycles. The van der Waals surface area contributed by atoms with Gasteiger partial charge in [0.05, 0.1) is 18.1 Å². The molecule has 0 aliphatic heterocycles. The van der Waals surface area contributed by atoms with Crippen molar-refractivity contribution in [3.8, 4) is 0 Å². The summed E-state index contributed by atoms with van der Waals surface area (Å²) < 4.78 is 6.39. The number of ketones is 1. The fourth-order valence-electron chi connectivity index (χ4n) is 3.22. The molecule has 0 aliphatic rings. The lowest BCUT2D eigenvalue weighted by atomic mass is 9.99. The SMILES string of the molecule is COC(=O)c1c(C)c(C(=O)[C@@H](C)N(C)C(=O)c2ccc([N+](=O)[O-])cc2)c(C)n1C. The summed E-state index contributed by atoms with van der Waals surface area (Å²) in [5.41, 5.74) is 1.84. The number of likely N-dealkylation sites (N-methyl/N-ethyl adjacent to an activating group) is 1. The highest BCUT2D eigenvalue weighted by Gasteiger charge is 2.31. The molecule has 0 saturated carbocycles. The number of nitro groups is 1. The highest BCUT2D eigenvalue weighted by molar-refractivity contribution is 6.07. The topological polar surface area (TPSA) is 112 Å². The molecule has 154 valence electrons. The van der Waals surface area contributed by atoms with Crippen molar-refractivity contribution in [1.29, 1.82) is 0 Å². The molecular weight excluding hydrogens is 378 g/mol. The van der Waals surface area contributed by atoms with Gasteiger partial charge < -0.3 is 14.2 Å². The number of hydrogen-bond acceptors (Lipinski definition) is 6. The van der Waals surface area contributed by atoms with Crippen LogP contribution in [0.3, 0.4) is 0 Å². The minimum absolute atomic E-state index is 0.126. The second kappa shape index (κ2) is 8.26. The van der Waals surface area contributed by atoms with Crippen molar-refractivity contribution in [3.63, 3.8) is 0 Å². The number of ether oxygens (including phenoxy) is 1. The van der Waals surface area contributed by atoms with E-state index < -0.39 is 22.8 Å². The van der Waals surface area contributed by atoms with Gasteiger partial charge in [0.2, 0.25) is 0 Å². The zero-order chi connectivity index (χ0) is 22.0. The van der Waals surface area contributed by atoms with Gasteiger partial charge in [-0.15, -0.1) is 0 Å². The Labute approximate surface area is 168 Å². The normalized spacial score (nSPS) is 11.7. The second-order valence-corrected chi connectivity index (χ2v) is 6.74. The first-order chi connectivity index (χ1) is 13.5. The highest BCUT2D eigenvalue weighted by atomic mass is 16.6. The molecule has 0 saturated heterocycles. The fraction of sp³-hybridized carbons (Fsp3) is 0.350. The van der Waals surface area contributed by atoms with Crippen LogP contribution in [0.5, 0.6) is 0 Å². The molecule has 0 unspecified atom stereocenters. The minimum atomic E-state index is -0.817. The lowest BCUT2D eigenvalue weighted by molar-refractivity contribution is -0.384. The van der Waals surface area contributed by atoms with Crippen molar-refractivity contribution < 1.29 is 24.0 Å². The van der Waals surface area contributed by atoms with Crippen LogP contribution in [-0.2, 0) is 11.8 Å². The number of carbonyl (C=O) groups excluding carboxylic acids is 3. The van der Waals surface area contributed by atoms with Gasteiger partial charge >= 0.3 is 5.97 Å². The molecule has 1 aromatic heterocycles. The number of methoxy groups -OCH3 is 1. The van der Waals surface area contributed by atoms with Crippen molar-refractivity contribution in [2.24, 2.45) is 7.05 Å². The Balaban J connectivity index is 2.33. The summed E-state index contributed by atoms with van der Waals surface area (Å²) in [5, 5.41) is 10.8. The van der Waals surface area contributed by atoms with E-state index in [-0.39, 0.29) is 22.7 Å². The lowest BCUT2D eigenvalue weighted by Gasteiger charge is -2.24. The number of hydrogen-bond donors (Lipinski definition) is 0. The number of aromatic nitrogens is 1. The summed E-state index contributed by atoms with van der Waals surface area (Å²) in [7, 11) is 4.42.